The van der Waals surface area contributed by atoms with Gasteiger partial charge in [0, 0.05) is 5.92 Å². The van der Waals surface area contributed by atoms with Gasteiger partial charge in [-0.1, -0.05) is 30.1 Å². The summed E-state index contributed by atoms with van der Waals surface area (Å²) in [5, 5.41) is 8.31. The van der Waals surface area contributed by atoms with Crippen LogP contribution < -0.4 is 5.73 Å². The normalized spacial score (nSPS) is 12.9. The number of nitrogens with two attached hydrogens (primary N) is 1. The highest BCUT2D eigenvalue weighted by Gasteiger charge is 2.27. The monoisotopic (exact) mass is 339 g/mol. The standard InChI is InChI=1S/C11H11Cl2NO5S/c1-5(10(14)15)4-20(18,19)7-3-2-6(12)8(9(7)13)11(16)17/h2-3,5H,4H2,1H3,(H2,14,15)(H,16,17). The third-order valence-corrected chi connectivity index (χ3v) is 5.33. The molecule has 1 aromatic rings. The molecule has 1 atom stereocenters. The Bertz CT molecular complexity index is 672. The number of amides is 1. The lowest BCUT2D eigenvalue weighted by Crippen LogP contribution is -2.27. The van der Waals surface area contributed by atoms with Crippen molar-refractivity contribution in [3.8, 4) is 0 Å². The van der Waals surface area contributed by atoms with Crippen LogP contribution in [0.2, 0.25) is 10.0 Å². The van der Waals surface area contributed by atoms with E-state index in [2.05, 4.69) is 0 Å². The smallest absolute Gasteiger partial charge is 0.338 e. The van der Waals surface area contributed by atoms with E-state index in [0.29, 0.717) is 0 Å². The van der Waals surface area contributed by atoms with Gasteiger partial charge in [0.25, 0.3) is 0 Å². The number of carbonyl (C=O) groups is 2. The van der Waals surface area contributed by atoms with Crippen molar-refractivity contribution in [2.75, 3.05) is 5.75 Å². The van der Waals surface area contributed by atoms with Crippen LogP contribution in [-0.4, -0.2) is 31.2 Å². The van der Waals surface area contributed by atoms with Crippen LogP contribution in [0.5, 0.6) is 0 Å². The van der Waals surface area contributed by atoms with Crippen molar-refractivity contribution in [3.63, 3.8) is 0 Å². The van der Waals surface area contributed by atoms with Gasteiger partial charge in [-0.05, 0) is 12.1 Å². The summed E-state index contributed by atoms with van der Waals surface area (Å²) in [6.07, 6.45) is 0. The van der Waals surface area contributed by atoms with Crippen LogP contribution in [0.3, 0.4) is 0 Å². The Kier molecular flexibility index (Phi) is 5.01. The number of carboxylic acid groups (broad SMARTS) is 1. The van der Waals surface area contributed by atoms with E-state index in [9.17, 15) is 18.0 Å². The van der Waals surface area contributed by atoms with Crippen molar-refractivity contribution in [1.82, 2.24) is 0 Å². The maximum Gasteiger partial charge on any atom is 0.338 e. The number of aromatic carboxylic acids is 1. The van der Waals surface area contributed by atoms with Gasteiger partial charge in [-0.15, -0.1) is 0 Å². The molecular formula is C11H11Cl2NO5S. The van der Waals surface area contributed by atoms with Crippen LogP contribution in [0, 0.1) is 5.92 Å². The van der Waals surface area contributed by atoms with Gasteiger partial charge < -0.3 is 10.8 Å². The van der Waals surface area contributed by atoms with Crippen molar-refractivity contribution >= 4 is 44.9 Å². The third-order valence-electron chi connectivity index (χ3n) is 2.56. The molecular weight excluding hydrogens is 329 g/mol. The van der Waals surface area contributed by atoms with Crippen LogP contribution in [0.15, 0.2) is 17.0 Å². The molecule has 0 bridgehead atoms. The topological polar surface area (TPSA) is 115 Å². The highest BCUT2D eigenvalue weighted by molar-refractivity contribution is 7.91. The first kappa shape index (κ1) is 16.7. The van der Waals surface area contributed by atoms with Crippen molar-refractivity contribution in [3.05, 3.63) is 27.7 Å². The third kappa shape index (κ3) is 3.41. The Hall–Kier alpha value is -1.31. The molecule has 1 aromatic carbocycles. The van der Waals surface area contributed by atoms with Gasteiger partial charge >= 0.3 is 5.97 Å². The minimum absolute atomic E-state index is 0.176. The van der Waals surface area contributed by atoms with Crippen molar-refractivity contribution in [2.24, 2.45) is 11.7 Å². The predicted octanol–water partition coefficient (Wildman–Crippen LogP) is 1.59. The summed E-state index contributed by atoms with van der Waals surface area (Å²) in [6.45, 7) is 1.35. The number of carboxylic acids is 1. The van der Waals surface area contributed by atoms with Crippen LogP contribution in [0.25, 0.3) is 0 Å². The highest BCUT2D eigenvalue weighted by Crippen LogP contribution is 2.32. The minimum atomic E-state index is -3.96. The van der Waals surface area contributed by atoms with E-state index in [1.807, 2.05) is 0 Å². The van der Waals surface area contributed by atoms with E-state index in [1.165, 1.54) is 6.92 Å². The summed E-state index contributed by atoms with van der Waals surface area (Å²) in [5.74, 6) is -3.72. The lowest BCUT2D eigenvalue weighted by Gasteiger charge is -2.12. The van der Waals surface area contributed by atoms with E-state index in [-0.39, 0.29) is 5.02 Å². The van der Waals surface area contributed by atoms with Crippen LogP contribution in [-0.2, 0) is 14.6 Å². The number of benzene rings is 1. The van der Waals surface area contributed by atoms with E-state index in [4.69, 9.17) is 34.0 Å². The molecule has 0 saturated heterocycles. The Morgan fingerprint density at radius 2 is 1.90 bits per heavy atom. The molecule has 1 rings (SSSR count). The molecule has 0 aromatic heterocycles. The molecule has 1 unspecified atom stereocenters. The number of carbonyl (C=O) groups excluding carboxylic acids is 1. The van der Waals surface area contributed by atoms with Crippen LogP contribution in [0.4, 0.5) is 0 Å². The molecule has 0 aliphatic heterocycles. The molecule has 6 nitrogen and oxygen atoms in total. The molecule has 0 aliphatic rings. The largest absolute Gasteiger partial charge is 0.478 e. The molecule has 110 valence electrons. The molecule has 1 amide bonds. The number of hydrogen-bond acceptors (Lipinski definition) is 4. The zero-order valence-corrected chi connectivity index (χ0v) is 12.6. The fourth-order valence-corrected chi connectivity index (χ4v) is 4.01. The lowest BCUT2D eigenvalue weighted by atomic mass is 10.2. The summed E-state index contributed by atoms with van der Waals surface area (Å²) in [7, 11) is -3.96. The molecule has 0 saturated carbocycles. The number of halogens is 2. The summed E-state index contributed by atoms with van der Waals surface area (Å²) in [5.41, 5.74) is 4.51. The summed E-state index contributed by atoms with van der Waals surface area (Å²) in [4.78, 5) is 21.6. The van der Waals surface area contributed by atoms with E-state index in [1.54, 1.807) is 0 Å². The predicted molar refractivity (Wildman–Crippen MR) is 73.8 cm³/mol. The van der Waals surface area contributed by atoms with Gasteiger partial charge in [-0.25, -0.2) is 13.2 Å². The molecule has 0 spiro atoms. The van der Waals surface area contributed by atoms with Crippen molar-refractivity contribution in [2.45, 2.75) is 11.8 Å². The minimum Gasteiger partial charge on any atom is -0.478 e. The maximum atomic E-state index is 12.1. The molecule has 0 fully saturated rings. The van der Waals surface area contributed by atoms with Crippen molar-refractivity contribution < 1.29 is 23.1 Å². The van der Waals surface area contributed by atoms with Gasteiger partial charge in [0.15, 0.2) is 9.84 Å². The molecule has 0 aliphatic carbocycles. The maximum absolute atomic E-state index is 12.1. The SMILES string of the molecule is CC(CS(=O)(=O)c1ccc(Cl)c(C(=O)O)c1Cl)C(N)=O. The van der Waals surface area contributed by atoms with Crippen molar-refractivity contribution in [1.29, 1.82) is 0 Å². The first-order chi connectivity index (χ1) is 9.08. The Balaban J connectivity index is 3.37. The molecule has 0 radical (unpaired) electrons. The van der Waals surface area contributed by atoms with Gasteiger partial charge in [0.1, 0.15) is 0 Å². The van der Waals surface area contributed by atoms with Crippen LogP contribution >= 0.6 is 23.2 Å². The lowest BCUT2D eigenvalue weighted by molar-refractivity contribution is -0.120. The molecule has 20 heavy (non-hydrogen) atoms. The number of sulfone groups is 1. The Morgan fingerprint density at radius 3 is 2.35 bits per heavy atom. The summed E-state index contributed by atoms with van der Waals surface area (Å²) < 4.78 is 24.3. The zero-order valence-electron chi connectivity index (χ0n) is 10.3. The van der Waals surface area contributed by atoms with Gasteiger partial charge in [-0.2, -0.15) is 0 Å². The van der Waals surface area contributed by atoms with E-state index < -0.39 is 48.9 Å². The highest BCUT2D eigenvalue weighted by atomic mass is 35.5. The second-order valence-corrected chi connectivity index (χ2v) is 6.91. The summed E-state index contributed by atoms with van der Waals surface area (Å²) >= 11 is 11.5. The van der Waals surface area contributed by atoms with E-state index in [0.717, 1.165) is 12.1 Å². The zero-order chi connectivity index (χ0) is 15.7. The summed E-state index contributed by atoms with van der Waals surface area (Å²) in [6, 6.07) is 2.22. The average Bonchev–Trinajstić information content (AvgIpc) is 2.26. The Morgan fingerprint density at radius 1 is 1.35 bits per heavy atom. The van der Waals surface area contributed by atoms with Gasteiger partial charge in [-0.3, -0.25) is 4.79 Å². The second kappa shape index (κ2) is 5.99. The average molecular weight is 340 g/mol. The molecule has 0 heterocycles. The first-order valence-corrected chi connectivity index (χ1v) is 7.72. The van der Waals surface area contributed by atoms with Crippen LogP contribution in [0.1, 0.15) is 17.3 Å². The van der Waals surface area contributed by atoms with Gasteiger partial charge in [0.2, 0.25) is 5.91 Å². The number of primary amides is 1. The quantitative estimate of drug-likeness (QED) is 0.845. The Labute approximate surface area is 125 Å². The van der Waals surface area contributed by atoms with E-state index >= 15 is 0 Å². The molecule has 3 N–H and O–H groups in total. The number of hydrogen-bond donors (Lipinski definition) is 2. The van der Waals surface area contributed by atoms with Gasteiger partial charge in [0.05, 0.1) is 26.3 Å². The number of rotatable bonds is 5. The fourth-order valence-electron chi connectivity index (χ4n) is 1.47. The second-order valence-electron chi connectivity index (χ2n) is 4.12. The first-order valence-electron chi connectivity index (χ1n) is 5.31. The fraction of sp³-hybridized carbons (Fsp3) is 0.273. The molecule has 9 heteroatoms.